The maximum atomic E-state index is 12.7. The molecule has 0 saturated carbocycles. The summed E-state index contributed by atoms with van der Waals surface area (Å²) in [7, 11) is -1.60. The quantitative estimate of drug-likeness (QED) is 0.713. The Kier molecular flexibility index (Phi) is 6.94. The number of hydrogen-bond donors (Lipinski definition) is 1. The second-order valence-electron chi connectivity index (χ2n) is 7.40. The highest BCUT2D eigenvalue weighted by molar-refractivity contribution is 7.89. The molecule has 0 aliphatic carbocycles. The van der Waals surface area contributed by atoms with E-state index in [4.69, 9.17) is 0 Å². The van der Waals surface area contributed by atoms with Crippen molar-refractivity contribution in [3.8, 4) is 0 Å². The maximum absolute atomic E-state index is 12.7. The van der Waals surface area contributed by atoms with Crippen LogP contribution in [0.1, 0.15) is 24.2 Å². The molecular weight excluding hydrogens is 404 g/mol. The lowest BCUT2D eigenvalue weighted by molar-refractivity contribution is -0.134. The first kappa shape index (κ1) is 22.0. The minimum atomic E-state index is -3.54. The SMILES string of the molecule is Cc1ccc(CNC(=O)CCC(=O)N2CCN(S(=O)(=O)c3ccccc3)CC2)n1C. The third-order valence-corrected chi connectivity index (χ3v) is 7.39. The second kappa shape index (κ2) is 9.44. The molecule has 0 bridgehead atoms. The van der Waals surface area contributed by atoms with Gasteiger partial charge in [-0.05, 0) is 31.2 Å². The summed E-state index contributed by atoms with van der Waals surface area (Å²) in [6, 6.07) is 12.2. The number of nitrogens with zero attached hydrogens (tertiary/aromatic N) is 3. The number of aromatic nitrogens is 1. The zero-order valence-electron chi connectivity index (χ0n) is 17.4. The Bertz CT molecular complexity index is 993. The number of benzene rings is 1. The van der Waals surface area contributed by atoms with E-state index in [9.17, 15) is 18.0 Å². The van der Waals surface area contributed by atoms with E-state index < -0.39 is 10.0 Å². The third kappa shape index (κ3) is 5.09. The number of rotatable bonds is 7. The first-order valence-corrected chi connectivity index (χ1v) is 11.4. The fourth-order valence-electron chi connectivity index (χ4n) is 3.42. The minimum Gasteiger partial charge on any atom is -0.351 e. The van der Waals surface area contributed by atoms with E-state index in [1.165, 1.54) is 4.31 Å². The van der Waals surface area contributed by atoms with E-state index in [0.29, 0.717) is 19.6 Å². The smallest absolute Gasteiger partial charge is 0.243 e. The van der Waals surface area contributed by atoms with Crippen LogP contribution in [0.4, 0.5) is 0 Å². The molecule has 0 spiro atoms. The van der Waals surface area contributed by atoms with E-state index in [1.807, 2.05) is 30.7 Å². The zero-order valence-corrected chi connectivity index (χ0v) is 18.2. The molecule has 1 aliphatic rings. The molecule has 8 nitrogen and oxygen atoms in total. The standard InChI is InChI=1S/C21H28N4O4S/c1-17-8-9-18(23(17)2)16-22-20(26)10-11-21(27)24-12-14-25(15-13-24)30(28,29)19-6-4-3-5-7-19/h3-9H,10-16H2,1-2H3,(H,22,26). The molecule has 30 heavy (non-hydrogen) atoms. The molecule has 1 aliphatic heterocycles. The minimum absolute atomic E-state index is 0.115. The van der Waals surface area contributed by atoms with Crippen molar-refractivity contribution in [3.05, 3.63) is 53.9 Å². The van der Waals surface area contributed by atoms with Gasteiger partial charge in [0.1, 0.15) is 0 Å². The molecule has 0 unspecified atom stereocenters. The summed E-state index contributed by atoms with van der Waals surface area (Å²) in [5, 5.41) is 2.84. The van der Waals surface area contributed by atoms with Gasteiger partial charge in [-0.3, -0.25) is 9.59 Å². The highest BCUT2D eigenvalue weighted by Crippen LogP contribution is 2.17. The molecule has 2 heterocycles. The van der Waals surface area contributed by atoms with Gasteiger partial charge in [-0.1, -0.05) is 18.2 Å². The lowest BCUT2D eigenvalue weighted by Crippen LogP contribution is -2.50. The molecule has 9 heteroatoms. The molecule has 2 amide bonds. The van der Waals surface area contributed by atoms with E-state index in [1.54, 1.807) is 35.2 Å². The summed E-state index contributed by atoms with van der Waals surface area (Å²) in [4.78, 5) is 26.4. The van der Waals surface area contributed by atoms with Gasteiger partial charge in [-0.2, -0.15) is 4.31 Å². The first-order chi connectivity index (χ1) is 14.3. The number of piperazine rings is 1. The average Bonchev–Trinajstić information content (AvgIpc) is 3.09. The van der Waals surface area contributed by atoms with Crippen LogP contribution >= 0.6 is 0 Å². The van der Waals surface area contributed by atoms with Crippen LogP contribution < -0.4 is 5.32 Å². The van der Waals surface area contributed by atoms with Crippen LogP contribution in [0, 0.1) is 6.92 Å². The average molecular weight is 433 g/mol. The first-order valence-electron chi connectivity index (χ1n) is 10.00. The Morgan fingerprint density at radius 1 is 0.967 bits per heavy atom. The van der Waals surface area contributed by atoms with E-state index in [0.717, 1.165) is 11.4 Å². The lowest BCUT2D eigenvalue weighted by Gasteiger charge is -2.34. The highest BCUT2D eigenvalue weighted by atomic mass is 32.2. The molecule has 1 aromatic heterocycles. The summed E-state index contributed by atoms with van der Waals surface area (Å²) < 4.78 is 28.7. The van der Waals surface area contributed by atoms with Crippen molar-refractivity contribution in [1.82, 2.24) is 19.1 Å². The van der Waals surface area contributed by atoms with Crippen molar-refractivity contribution in [2.45, 2.75) is 31.2 Å². The molecule has 162 valence electrons. The topological polar surface area (TPSA) is 91.7 Å². The van der Waals surface area contributed by atoms with Gasteiger partial charge in [0.2, 0.25) is 21.8 Å². The van der Waals surface area contributed by atoms with Crippen LogP contribution in [0.3, 0.4) is 0 Å². The van der Waals surface area contributed by atoms with Gasteiger partial charge in [-0.25, -0.2) is 8.42 Å². The summed E-state index contributed by atoms with van der Waals surface area (Å²) in [6.07, 6.45) is 0.230. The molecule has 1 aromatic carbocycles. The van der Waals surface area contributed by atoms with Crippen LogP contribution in [0.5, 0.6) is 0 Å². The zero-order chi connectivity index (χ0) is 21.7. The Morgan fingerprint density at radius 2 is 1.63 bits per heavy atom. The van der Waals surface area contributed by atoms with Crippen LogP contribution in [-0.4, -0.2) is 60.2 Å². The summed E-state index contributed by atoms with van der Waals surface area (Å²) in [5.41, 5.74) is 2.12. The molecular formula is C21H28N4O4S. The number of sulfonamides is 1. The number of carbonyl (C=O) groups is 2. The largest absolute Gasteiger partial charge is 0.351 e. The van der Waals surface area contributed by atoms with Gasteiger partial charge in [0.15, 0.2) is 0 Å². The van der Waals surface area contributed by atoms with Crippen LogP contribution in [0.2, 0.25) is 0 Å². The van der Waals surface area contributed by atoms with Crippen LogP contribution in [-0.2, 0) is 33.2 Å². The van der Waals surface area contributed by atoms with E-state index >= 15 is 0 Å². The summed E-state index contributed by atoms with van der Waals surface area (Å²) in [5.74, 6) is -0.302. The number of hydrogen-bond acceptors (Lipinski definition) is 4. The molecule has 1 fully saturated rings. The fraction of sp³-hybridized carbons (Fsp3) is 0.429. The molecule has 2 aromatic rings. The lowest BCUT2D eigenvalue weighted by atomic mass is 10.2. The summed E-state index contributed by atoms with van der Waals surface area (Å²) >= 11 is 0. The molecule has 1 N–H and O–H groups in total. The normalized spacial score (nSPS) is 15.2. The second-order valence-corrected chi connectivity index (χ2v) is 9.34. The third-order valence-electron chi connectivity index (χ3n) is 5.48. The van der Waals surface area contributed by atoms with Gasteiger partial charge < -0.3 is 14.8 Å². The van der Waals surface area contributed by atoms with Crippen molar-refractivity contribution >= 4 is 21.8 Å². The molecule has 3 rings (SSSR count). The maximum Gasteiger partial charge on any atom is 0.243 e. The monoisotopic (exact) mass is 432 g/mol. The Morgan fingerprint density at radius 3 is 2.23 bits per heavy atom. The Balaban J connectivity index is 1.43. The van der Waals surface area contributed by atoms with Crippen LogP contribution in [0.25, 0.3) is 0 Å². The van der Waals surface area contributed by atoms with Crippen molar-refractivity contribution < 1.29 is 18.0 Å². The Labute approximate surface area is 177 Å². The number of nitrogens with one attached hydrogen (secondary N) is 1. The van der Waals surface area contributed by atoms with Crippen molar-refractivity contribution in [1.29, 1.82) is 0 Å². The van der Waals surface area contributed by atoms with E-state index in [-0.39, 0.29) is 42.6 Å². The molecule has 1 saturated heterocycles. The van der Waals surface area contributed by atoms with Crippen molar-refractivity contribution in [2.24, 2.45) is 7.05 Å². The van der Waals surface area contributed by atoms with Crippen LogP contribution in [0.15, 0.2) is 47.4 Å². The van der Waals surface area contributed by atoms with Crippen molar-refractivity contribution in [3.63, 3.8) is 0 Å². The van der Waals surface area contributed by atoms with Gasteiger partial charge in [0.25, 0.3) is 0 Å². The van der Waals surface area contributed by atoms with Gasteiger partial charge in [0, 0.05) is 57.5 Å². The number of amides is 2. The Hall–Kier alpha value is -2.65. The number of carbonyl (C=O) groups excluding carboxylic acids is 2. The molecule has 0 atom stereocenters. The van der Waals surface area contributed by atoms with Gasteiger partial charge in [-0.15, -0.1) is 0 Å². The van der Waals surface area contributed by atoms with Gasteiger partial charge in [0.05, 0.1) is 11.4 Å². The van der Waals surface area contributed by atoms with E-state index in [2.05, 4.69) is 5.32 Å². The molecule has 0 radical (unpaired) electrons. The predicted octanol–water partition coefficient (Wildman–Crippen LogP) is 1.26. The van der Waals surface area contributed by atoms with Crippen molar-refractivity contribution in [2.75, 3.05) is 26.2 Å². The highest BCUT2D eigenvalue weighted by Gasteiger charge is 2.29. The summed E-state index contributed by atoms with van der Waals surface area (Å²) in [6.45, 7) is 3.58. The predicted molar refractivity (Wildman–Crippen MR) is 113 cm³/mol. The number of aryl methyl sites for hydroxylation is 1. The fourth-order valence-corrected chi connectivity index (χ4v) is 4.86. The van der Waals surface area contributed by atoms with Gasteiger partial charge >= 0.3 is 0 Å².